The lowest BCUT2D eigenvalue weighted by Crippen LogP contribution is -2.31. The molecule has 6 heteroatoms. The van der Waals surface area contributed by atoms with E-state index >= 15 is 0 Å². The monoisotopic (exact) mass is 309 g/mol. The summed E-state index contributed by atoms with van der Waals surface area (Å²) in [5, 5.41) is 3.08. The highest BCUT2D eigenvalue weighted by molar-refractivity contribution is 6.30. The van der Waals surface area contributed by atoms with Crippen LogP contribution < -0.4 is 5.32 Å². The van der Waals surface area contributed by atoms with E-state index in [0.29, 0.717) is 12.1 Å². The highest BCUT2D eigenvalue weighted by Gasteiger charge is 2.31. The molecule has 0 fully saturated rings. The number of nitrogens with one attached hydrogen (secondary N) is 1. The average molecular weight is 310 g/mol. The van der Waals surface area contributed by atoms with Crippen molar-refractivity contribution >= 4 is 17.3 Å². The highest BCUT2D eigenvalue weighted by Crippen LogP contribution is 2.33. The molecule has 0 aliphatic heterocycles. The van der Waals surface area contributed by atoms with Crippen molar-refractivity contribution in [1.82, 2.24) is 0 Å². The van der Waals surface area contributed by atoms with Gasteiger partial charge in [0.1, 0.15) is 0 Å². The molecule has 0 aliphatic carbocycles. The number of halogens is 4. The van der Waals surface area contributed by atoms with Crippen LogP contribution in [0.15, 0.2) is 18.2 Å². The molecule has 0 saturated heterocycles. The van der Waals surface area contributed by atoms with Crippen molar-refractivity contribution in [2.24, 2.45) is 0 Å². The molecule has 0 heterocycles. The third kappa shape index (κ3) is 5.21. The van der Waals surface area contributed by atoms with Gasteiger partial charge in [0.25, 0.3) is 0 Å². The molecule has 0 aliphatic rings. The first-order valence-corrected chi connectivity index (χ1v) is 6.61. The predicted molar refractivity (Wildman–Crippen MR) is 75.2 cm³/mol. The van der Waals surface area contributed by atoms with Crippen molar-refractivity contribution in [2.75, 3.05) is 12.4 Å². The van der Waals surface area contributed by atoms with E-state index in [9.17, 15) is 13.2 Å². The summed E-state index contributed by atoms with van der Waals surface area (Å²) in [4.78, 5) is 0. The van der Waals surface area contributed by atoms with Gasteiger partial charge in [-0.05, 0) is 45.4 Å². The van der Waals surface area contributed by atoms with Gasteiger partial charge in [-0.25, -0.2) is 0 Å². The fourth-order valence-corrected chi connectivity index (χ4v) is 2.23. The van der Waals surface area contributed by atoms with Crippen LogP contribution in [0.25, 0.3) is 0 Å². The first-order valence-electron chi connectivity index (χ1n) is 6.23. The molecule has 1 aromatic rings. The normalized spacial score (nSPS) is 14.2. The fraction of sp³-hybridized carbons (Fsp3) is 0.571. The van der Waals surface area contributed by atoms with Gasteiger partial charge < -0.3 is 10.1 Å². The average Bonchev–Trinajstić information content (AvgIpc) is 2.26. The van der Waals surface area contributed by atoms with Crippen LogP contribution in [0.5, 0.6) is 0 Å². The zero-order valence-corrected chi connectivity index (χ0v) is 12.7. The summed E-state index contributed by atoms with van der Waals surface area (Å²) in [6.45, 7) is 5.73. The Balaban J connectivity index is 2.85. The molecule has 0 bridgehead atoms. The molecule has 0 amide bonds. The zero-order chi connectivity index (χ0) is 15.6. The molecule has 20 heavy (non-hydrogen) atoms. The number of alkyl halides is 3. The number of rotatable bonds is 5. The van der Waals surface area contributed by atoms with Gasteiger partial charge in [-0.3, -0.25) is 0 Å². The smallest absolute Gasteiger partial charge is 0.382 e. The van der Waals surface area contributed by atoms with Gasteiger partial charge >= 0.3 is 6.18 Å². The lowest BCUT2D eigenvalue weighted by atomic mass is 9.99. The second-order valence-corrected chi connectivity index (χ2v) is 5.88. The van der Waals surface area contributed by atoms with Crippen molar-refractivity contribution in [3.63, 3.8) is 0 Å². The number of anilines is 1. The predicted octanol–water partition coefficient (Wildman–Crippen LogP) is 4.97. The number of ether oxygens (including phenoxy) is 1. The first kappa shape index (κ1) is 17.1. The van der Waals surface area contributed by atoms with Crippen LogP contribution in [-0.4, -0.2) is 18.8 Å². The van der Waals surface area contributed by atoms with Gasteiger partial charge in [0.15, 0.2) is 0 Å². The summed E-state index contributed by atoms with van der Waals surface area (Å²) in [5.41, 5.74) is -0.757. The van der Waals surface area contributed by atoms with E-state index in [1.165, 1.54) is 6.07 Å². The molecule has 1 rings (SSSR count). The zero-order valence-electron chi connectivity index (χ0n) is 11.9. The molecule has 1 unspecified atom stereocenters. The Morgan fingerprint density at radius 2 is 1.85 bits per heavy atom. The van der Waals surface area contributed by atoms with Crippen LogP contribution >= 0.6 is 11.6 Å². The largest absolute Gasteiger partial charge is 0.416 e. The molecular formula is C14H19ClF3NO. The molecule has 0 spiro atoms. The van der Waals surface area contributed by atoms with E-state index < -0.39 is 11.7 Å². The fourth-order valence-electron chi connectivity index (χ4n) is 1.99. The summed E-state index contributed by atoms with van der Waals surface area (Å²) in [7, 11) is 1.61. The SMILES string of the molecule is COC(C)(C)CC(C)Nc1cc(Cl)cc(C(F)(F)F)c1. The van der Waals surface area contributed by atoms with Crippen LogP contribution in [0.3, 0.4) is 0 Å². The Kier molecular flexibility index (Phi) is 5.33. The van der Waals surface area contributed by atoms with E-state index in [-0.39, 0.29) is 16.7 Å². The maximum atomic E-state index is 12.7. The molecule has 1 aromatic carbocycles. The second-order valence-electron chi connectivity index (χ2n) is 5.44. The molecular weight excluding hydrogens is 291 g/mol. The topological polar surface area (TPSA) is 21.3 Å². The van der Waals surface area contributed by atoms with Gasteiger partial charge in [-0.1, -0.05) is 11.6 Å². The van der Waals surface area contributed by atoms with Crippen molar-refractivity contribution in [1.29, 1.82) is 0 Å². The van der Waals surface area contributed by atoms with Gasteiger partial charge in [0, 0.05) is 23.9 Å². The van der Waals surface area contributed by atoms with Crippen molar-refractivity contribution in [3.05, 3.63) is 28.8 Å². The van der Waals surface area contributed by atoms with E-state index in [1.807, 2.05) is 20.8 Å². The third-order valence-corrected chi connectivity index (χ3v) is 3.21. The minimum Gasteiger partial charge on any atom is -0.382 e. The molecule has 1 N–H and O–H groups in total. The number of hydrogen-bond donors (Lipinski definition) is 1. The first-order chi connectivity index (χ1) is 9.03. The van der Waals surface area contributed by atoms with Gasteiger partial charge in [-0.2, -0.15) is 13.2 Å². The Morgan fingerprint density at radius 3 is 2.35 bits per heavy atom. The lowest BCUT2D eigenvalue weighted by Gasteiger charge is -2.27. The molecule has 0 aromatic heterocycles. The highest BCUT2D eigenvalue weighted by atomic mass is 35.5. The lowest BCUT2D eigenvalue weighted by molar-refractivity contribution is -0.137. The number of methoxy groups -OCH3 is 1. The van der Waals surface area contributed by atoms with Crippen molar-refractivity contribution in [3.8, 4) is 0 Å². The van der Waals surface area contributed by atoms with Gasteiger partial charge in [0.2, 0.25) is 0 Å². The summed E-state index contributed by atoms with van der Waals surface area (Å²) < 4.78 is 43.4. The van der Waals surface area contributed by atoms with Gasteiger partial charge in [0.05, 0.1) is 11.2 Å². The molecule has 1 atom stereocenters. The Hall–Kier alpha value is -0.940. The van der Waals surface area contributed by atoms with Crippen molar-refractivity contribution in [2.45, 2.75) is 45.0 Å². The Bertz CT molecular complexity index is 460. The molecule has 0 radical (unpaired) electrons. The maximum Gasteiger partial charge on any atom is 0.416 e. The van der Waals surface area contributed by atoms with E-state index in [0.717, 1.165) is 12.1 Å². The Labute approximate surface area is 122 Å². The third-order valence-electron chi connectivity index (χ3n) is 2.99. The second kappa shape index (κ2) is 6.22. The minimum atomic E-state index is -4.41. The quantitative estimate of drug-likeness (QED) is 0.828. The van der Waals surface area contributed by atoms with Crippen LogP contribution in [0.1, 0.15) is 32.8 Å². The van der Waals surface area contributed by atoms with Gasteiger partial charge in [-0.15, -0.1) is 0 Å². The number of benzene rings is 1. The summed E-state index contributed by atoms with van der Waals surface area (Å²) in [5.74, 6) is 0. The van der Waals surface area contributed by atoms with Crippen LogP contribution in [0, 0.1) is 0 Å². The van der Waals surface area contributed by atoms with Crippen LogP contribution in [-0.2, 0) is 10.9 Å². The summed E-state index contributed by atoms with van der Waals surface area (Å²) in [6, 6.07) is 3.40. The standard InChI is InChI=1S/C14H19ClF3NO/c1-9(8-13(2,3)20-4)19-12-6-10(14(16,17)18)5-11(15)7-12/h5-7,9,19H,8H2,1-4H3. The van der Waals surface area contributed by atoms with Crippen molar-refractivity contribution < 1.29 is 17.9 Å². The molecule has 2 nitrogen and oxygen atoms in total. The van der Waals surface area contributed by atoms with Crippen LogP contribution in [0.4, 0.5) is 18.9 Å². The Morgan fingerprint density at radius 1 is 1.25 bits per heavy atom. The number of hydrogen-bond acceptors (Lipinski definition) is 2. The summed E-state index contributed by atoms with van der Waals surface area (Å²) >= 11 is 5.74. The molecule has 114 valence electrons. The van der Waals surface area contributed by atoms with E-state index in [4.69, 9.17) is 16.3 Å². The van der Waals surface area contributed by atoms with E-state index in [1.54, 1.807) is 7.11 Å². The minimum absolute atomic E-state index is 0.0514. The summed E-state index contributed by atoms with van der Waals surface area (Å²) in [6.07, 6.45) is -3.76. The maximum absolute atomic E-state index is 12.7. The van der Waals surface area contributed by atoms with E-state index in [2.05, 4.69) is 5.32 Å². The van der Waals surface area contributed by atoms with Crippen LogP contribution in [0.2, 0.25) is 5.02 Å². The molecule has 0 saturated carbocycles.